The van der Waals surface area contributed by atoms with Crippen LogP contribution in [0.5, 0.6) is 23.0 Å². The average molecular weight is 1700 g/mol. The molecule has 12 saturated carbocycles. The standard InChI is InChI=1S/C23H21ClFN3O3.C22H21ClFN3O4.C22H24ClFN2O3.C20H20ClFN2O3/c1-28-18-5-3-2-4-15(18)21(27-28)19(29)9-22-11-23(12-22,13-22)26-20(30)10-31-14-6-7-16(24)17(25)8-14;1-13(28)26-15-4-14(7-25-8-15)19(29)6-21-10-22(11-21,12-21)27-20(30)9-31-16-2-3-17(23)18(24)5-16;1-3-17-20(13(2)8-25-17)18(27)7-21-10-22(11-21,12-21)26-19(28)9-29-14-4-5-15(23)16(24)6-14;1-24-6-2-3-16(24)17(25)8-19-10-20(11-19,12-19)23-18(26)9-27-13-4-5-14(21)15(22)7-13/h2-8H,9-13H2,1H3,(H,26,30);2-5,7-8H,6,9-12H2,1H3,(H,26,28)(H,27,30);4-6,8,25H,3,7,9-12H2,1-2H3,(H,26,28);2-7H,8-12H2,1H3,(H,23,26). The molecule has 8 bridgehead atoms. The van der Waals surface area contributed by atoms with Crippen LogP contribution in [0.4, 0.5) is 23.2 Å². The molecule has 0 radical (unpaired) electrons. The Balaban J connectivity index is 0.000000129. The van der Waals surface area contributed by atoms with Gasteiger partial charge in [0.15, 0.2) is 49.6 Å². The van der Waals surface area contributed by atoms with Gasteiger partial charge < -0.3 is 55.1 Å². The van der Waals surface area contributed by atoms with Gasteiger partial charge in [0.1, 0.15) is 52.0 Å². The molecule has 0 spiro atoms. The Morgan fingerprint density at radius 2 is 0.864 bits per heavy atom. The van der Waals surface area contributed by atoms with Crippen molar-refractivity contribution in [2.24, 2.45) is 35.8 Å². The first kappa shape index (κ1) is 83.9. The van der Waals surface area contributed by atoms with E-state index in [-0.39, 0.29) is 166 Å². The van der Waals surface area contributed by atoms with Crippen LogP contribution in [-0.4, -0.2) is 126 Å². The van der Waals surface area contributed by atoms with Crippen molar-refractivity contribution in [2.45, 2.75) is 152 Å². The van der Waals surface area contributed by atoms with E-state index in [2.05, 4.69) is 41.7 Å². The number of para-hydroxylation sites is 1. The van der Waals surface area contributed by atoms with Crippen LogP contribution < -0.4 is 45.5 Å². The number of halogens is 8. The Morgan fingerprint density at radius 3 is 1.24 bits per heavy atom. The fraction of sp³-hybridized carbons (Fsp3) is 0.391. The predicted molar refractivity (Wildman–Crippen MR) is 432 cm³/mol. The third-order valence-corrected chi connectivity index (χ3v) is 25.0. The number of carbonyl (C=O) groups is 9. The van der Waals surface area contributed by atoms with Crippen LogP contribution in [0.15, 0.2) is 140 Å². The largest absolute Gasteiger partial charge is 0.484 e. The van der Waals surface area contributed by atoms with E-state index >= 15 is 0 Å². The molecule has 5 aromatic carbocycles. The molecular formula is C87H86Cl4F4N10O13. The van der Waals surface area contributed by atoms with Gasteiger partial charge in [-0.1, -0.05) is 71.5 Å². The number of fused-ring (bicyclic) bond motifs is 1. The number of ether oxygens (including phenoxy) is 4. The molecule has 12 aliphatic rings. The fourth-order valence-electron chi connectivity index (χ4n) is 19.5. The summed E-state index contributed by atoms with van der Waals surface area (Å²) in [6.07, 6.45) is 18.8. The molecule has 31 heteroatoms. The lowest BCUT2D eigenvalue weighted by Crippen LogP contribution is -2.75. The van der Waals surface area contributed by atoms with Crippen LogP contribution in [0, 0.1) is 51.9 Å². The minimum atomic E-state index is -0.608. The second-order valence-electron chi connectivity index (χ2n) is 33.6. The van der Waals surface area contributed by atoms with Crippen LogP contribution >= 0.6 is 46.4 Å². The van der Waals surface area contributed by atoms with Crippen molar-refractivity contribution in [3.8, 4) is 23.0 Å². The van der Waals surface area contributed by atoms with Gasteiger partial charge >= 0.3 is 0 Å². The van der Waals surface area contributed by atoms with E-state index in [0.29, 0.717) is 42.6 Å². The van der Waals surface area contributed by atoms with Gasteiger partial charge in [0.2, 0.25) is 5.91 Å². The molecule has 6 N–H and O–H groups in total. The number of amides is 5. The first-order valence-corrected chi connectivity index (χ1v) is 40.1. The molecule has 23 nitrogen and oxygen atoms in total. The molecule has 12 fully saturated rings. The topological polar surface area (TPSA) is 302 Å². The lowest BCUT2D eigenvalue weighted by Gasteiger charge is -2.70. The molecule has 0 unspecified atom stereocenters. The van der Waals surface area contributed by atoms with Crippen LogP contribution in [0.2, 0.25) is 20.1 Å². The Morgan fingerprint density at radius 1 is 0.483 bits per heavy atom. The molecule has 12 aliphatic carbocycles. The number of H-pyrrole nitrogens is 1. The highest BCUT2D eigenvalue weighted by molar-refractivity contribution is 6.31. The summed E-state index contributed by atoms with van der Waals surface area (Å²) >= 11 is 22.5. The van der Waals surface area contributed by atoms with E-state index in [1.807, 2.05) is 81.3 Å². The summed E-state index contributed by atoms with van der Waals surface area (Å²) in [6.45, 7) is 4.59. The lowest BCUT2D eigenvalue weighted by atomic mass is 9.38. The molecule has 0 aliphatic heterocycles. The van der Waals surface area contributed by atoms with Gasteiger partial charge in [-0.25, -0.2) is 17.6 Å². The third-order valence-electron chi connectivity index (χ3n) is 23.8. The second kappa shape index (κ2) is 32.9. The fourth-order valence-corrected chi connectivity index (χ4v) is 19.9. The number of benzene rings is 5. The maximum Gasteiger partial charge on any atom is 0.258 e. The summed E-state index contributed by atoms with van der Waals surface area (Å²) < 4.78 is 78.6. The number of rotatable bonds is 30. The first-order valence-electron chi connectivity index (χ1n) is 38.6. The van der Waals surface area contributed by atoms with Crippen LogP contribution in [0.25, 0.3) is 10.9 Å². The molecule has 0 atom stereocenters. The van der Waals surface area contributed by atoms with Crippen molar-refractivity contribution in [3.05, 3.63) is 217 Å². The van der Waals surface area contributed by atoms with E-state index in [4.69, 9.17) is 65.4 Å². The predicted octanol–water partition coefficient (Wildman–Crippen LogP) is 15.5. The van der Waals surface area contributed by atoms with Crippen molar-refractivity contribution in [1.82, 2.24) is 45.6 Å². The Labute approximate surface area is 696 Å². The van der Waals surface area contributed by atoms with E-state index < -0.39 is 23.3 Å². The molecule has 5 amide bonds. The summed E-state index contributed by atoms with van der Waals surface area (Å²) in [5.74, 6) is -2.28. The number of hydrogen-bond acceptors (Lipinski definition) is 15. The molecule has 118 heavy (non-hydrogen) atoms. The highest BCUT2D eigenvalue weighted by atomic mass is 35.5. The molecule has 4 heterocycles. The maximum absolute atomic E-state index is 13.5. The summed E-state index contributed by atoms with van der Waals surface area (Å²) in [5, 5.41) is 19.9. The number of Topliss-reactive ketones (excluding diaryl/α,β-unsaturated/α-hetero) is 4. The number of anilines is 1. The zero-order chi connectivity index (χ0) is 84.1. The Hall–Kier alpha value is -10.6. The molecular weight excluding hydrogens is 1610 g/mol. The summed E-state index contributed by atoms with van der Waals surface area (Å²) in [4.78, 5) is 118. The van der Waals surface area contributed by atoms with E-state index in [9.17, 15) is 60.7 Å². The average Bonchev–Trinajstić information content (AvgIpc) is 0.924. The number of aryl methyl sites for hydroxylation is 4. The zero-order valence-corrected chi connectivity index (χ0v) is 68.3. The SMILES string of the molecule is CC(=O)Nc1cncc(C(=O)CC23CC(NC(=O)COc4ccc(Cl)c(F)c4)(C2)C3)c1.CCc1[nH]cc(C)c1C(=O)CC12CC(NC(=O)COc3ccc(Cl)c(F)c3)(C1)C2.Cn1cccc1C(=O)CC12CC(NC(=O)COc3ccc(Cl)c(F)c3)(C1)C2.Cn1nc(C(=O)CC23CC(NC(=O)COc4ccc(Cl)c(F)c4)(C2)C3)c2ccccc21. The van der Waals surface area contributed by atoms with Gasteiger partial charge in [0.05, 0.1) is 43.2 Å². The van der Waals surface area contributed by atoms with Crippen LogP contribution in [0.3, 0.4) is 0 Å². The van der Waals surface area contributed by atoms with Crippen LogP contribution in [-0.2, 0) is 44.5 Å². The normalized spacial score (nSPS) is 24.1. The Kier molecular flexibility index (Phi) is 23.4. The van der Waals surface area contributed by atoms with E-state index in [0.717, 1.165) is 141 Å². The molecule has 4 aromatic heterocycles. The van der Waals surface area contributed by atoms with Gasteiger partial charge in [0, 0.05) is 134 Å². The second-order valence-corrected chi connectivity index (χ2v) is 35.2. The van der Waals surface area contributed by atoms with E-state index in [1.165, 1.54) is 67.8 Å². The van der Waals surface area contributed by atoms with Crippen LogP contribution in [0.1, 0.15) is 170 Å². The van der Waals surface area contributed by atoms with Gasteiger partial charge in [-0.05, 0) is 190 Å². The van der Waals surface area contributed by atoms with Gasteiger partial charge in [0.25, 0.3) is 23.6 Å². The number of nitrogens with zero attached hydrogens (tertiary/aromatic N) is 4. The molecule has 0 saturated heterocycles. The maximum atomic E-state index is 13.5. The quantitative estimate of drug-likeness (QED) is 0.0180. The number of pyridine rings is 1. The van der Waals surface area contributed by atoms with E-state index in [1.54, 1.807) is 10.7 Å². The number of carbonyl (C=O) groups excluding carboxylic acids is 9. The number of ketones is 4. The van der Waals surface area contributed by atoms with Crippen molar-refractivity contribution in [1.29, 1.82) is 0 Å². The summed E-state index contributed by atoms with van der Waals surface area (Å²) in [6, 6.07) is 29.2. The summed E-state index contributed by atoms with van der Waals surface area (Å²) in [5.41, 5.74) is 4.87. The zero-order valence-electron chi connectivity index (χ0n) is 65.2. The molecule has 618 valence electrons. The van der Waals surface area contributed by atoms with Gasteiger partial charge in [-0.15, -0.1) is 0 Å². The molecule has 21 rings (SSSR count). The third kappa shape index (κ3) is 18.2. The minimum absolute atomic E-state index is 0.00390. The number of aromatic amines is 1. The lowest BCUT2D eigenvalue weighted by molar-refractivity contribution is -0.165. The summed E-state index contributed by atoms with van der Waals surface area (Å²) in [7, 11) is 3.70. The molecule has 9 aromatic rings. The smallest absolute Gasteiger partial charge is 0.258 e. The van der Waals surface area contributed by atoms with Crippen molar-refractivity contribution in [3.63, 3.8) is 0 Å². The van der Waals surface area contributed by atoms with Crippen molar-refractivity contribution in [2.75, 3.05) is 31.7 Å². The minimum Gasteiger partial charge on any atom is -0.484 e. The number of hydrogen-bond donors (Lipinski definition) is 6. The number of aromatic nitrogens is 5. The highest BCUT2D eigenvalue weighted by Crippen LogP contribution is 2.72. The first-order chi connectivity index (χ1) is 56.0. The van der Waals surface area contributed by atoms with Gasteiger partial charge in [-0.3, -0.25) is 52.8 Å². The number of nitrogens with one attached hydrogen (secondary N) is 6. The highest BCUT2D eigenvalue weighted by Gasteiger charge is 2.71. The monoisotopic (exact) mass is 1690 g/mol. The van der Waals surface area contributed by atoms with Crippen molar-refractivity contribution >= 4 is 116 Å². The van der Waals surface area contributed by atoms with Crippen molar-refractivity contribution < 1.29 is 79.7 Å². The Bertz CT molecular complexity index is 5450. The van der Waals surface area contributed by atoms with Gasteiger partial charge in [-0.2, -0.15) is 5.10 Å².